The van der Waals surface area contributed by atoms with Crippen molar-refractivity contribution < 1.29 is 0 Å². The van der Waals surface area contributed by atoms with Crippen molar-refractivity contribution in [3.05, 3.63) is 11.3 Å². The van der Waals surface area contributed by atoms with Crippen molar-refractivity contribution >= 4 is 0 Å². The van der Waals surface area contributed by atoms with Gasteiger partial charge >= 0.3 is 0 Å². The summed E-state index contributed by atoms with van der Waals surface area (Å²) < 4.78 is 0. The molecular formula is C23H39N3. The van der Waals surface area contributed by atoms with E-state index in [4.69, 9.17) is 0 Å². The molecule has 5 aliphatic rings. The minimum Gasteiger partial charge on any atom is -0.387 e. The first-order valence-corrected chi connectivity index (χ1v) is 11.6. The highest BCUT2D eigenvalue weighted by atomic mass is 15.0. The van der Waals surface area contributed by atoms with E-state index in [0.717, 1.165) is 18.4 Å². The van der Waals surface area contributed by atoms with Crippen molar-refractivity contribution in [3.63, 3.8) is 0 Å². The van der Waals surface area contributed by atoms with Crippen LogP contribution >= 0.6 is 0 Å². The minimum absolute atomic E-state index is 0.612. The Morgan fingerprint density at radius 3 is 2.81 bits per heavy atom. The predicted molar refractivity (Wildman–Crippen MR) is 108 cm³/mol. The van der Waals surface area contributed by atoms with Gasteiger partial charge in [-0.15, -0.1) is 0 Å². The van der Waals surface area contributed by atoms with Gasteiger partial charge in [0.05, 0.1) is 0 Å². The third-order valence-electron chi connectivity index (χ3n) is 8.94. The second-order valence-corrected chi connectivity index (χ2v) is 10.5. The predicted octanol–water partition coefficient (Wildman–Crippen LogP) is 3.96. The maximum Gasteiger partial charge on any atom is 0.0353 e. The van der Waals surface area contributed by atoms with Crippen LogP contribution in [0.25, 0.3) is 0 Å². The molecule has 0 aromatic heterocycles. The first kappa shape index (κ1) is 17.6. The third-order valence-corrected chi connectivity index (χ3v) is 8.94. The van der Waals surface area contributed by atoms with Crippen LogP contribution in [0.5, 0.6) is 0 Å². The molecule has 0 amide bonds. The first-order valence-electron chi connectivity index (χ1n) is 11.6. The Morgan fingerprint density at radius 2 is 1.96 bits per heavy atom. The molecule has 146 valence electrons. The lowest BCUT2D eigenvalue weighted by Gasteiger charge is -2.38. The van der Waals surface area contributed by atoms with Gasteiger partial charge in [-0.25, -0.2) is 0 Å². The topological polar surface area (TPSA) is 36.1 Å². The molecule has 4 fully saturated rings. The molecule has 2 aliphatic heterocycles. The summed E-state index contributed by atoms with van der Waals surface area (Å²) in [5.74, 6) is 1.91. The average Bonchev–Trinajstić information content (AvgIpc) is 3.41. The normalized spacial score (nSPS) is 38.9. The Balaban J connectivity index is 1.21. The van der Waals surface area contributed by atoms with Crippen LogP contribution in [0.3, 0.4) is 0 Å². The SMILES string of the molecule is C1CC2=C(CNCC3(C4CCC5(CCNC5)C4)CCCC3)NCC(C1)C2. The van der Waals surface area contributed by atoms with Crippen molar-refractivity contribution in [2.24, 2.45) is 22.7 Å². The van der Waals surface area contributed by atoms with E-state index >= 15 is 0 Å². The molecule has 3 heteroatoms. The lowest BCUT2D eigenvalue weighted by molar-refractivity contribution is 0.149. The van der Waals surface area contributed by atoms with Gasteiger partial charge in [0, 0.05) is 31.9 Å². The van der Waals surface area contributed by atoms with Gasteiger partial charge in [0.1, 0.15) is 0 Å². The fourth-order valence-corrected chi connectivity index (χ4v) is 7.34. The van der Waals surface area contributed by atoms with Crippen LogP contribution in [0.2, 0.25) is 0 Å². The van der Waals surface area contributed by atoms with Crippen molar-refractivity contribution in [1.82, 2.24) is 16.0 Å². The lowest BCUT2D eigenvalue weighted by Crippen LogP contribution is -2.42. The van der Waals surface area contributed by atoms with E-state index in [9.17, 15) is 0 Å². The molecule has 3 nitrogen and oxygen atoms in total. The smallest absolute Gasteiger partial charge is 0.0353 e. The molecule has 5 rings (SSSR count). The molecular weight excluding hydrogens is 318 g/mol. The summed E-state index contributed by atoms with van der Waals surface area (Å²) in [5.41, 5.74) is 4.60. The van der Waals surface area contributed by atoms with E-state index in [0.29, 0.717) is 10.8 Å². The maximum atomic E-state index is 3.96. The molecule has 0 aromatic carbocycles. The summed E-state index contributed by atoms with van der Waals surface area (Å²) in [4.78, 5) is 0. The van der Waals surface area contributed by atoms with Crippen molar-refractivity contribution in [2.75, 3.05) is 32.7 Å². The van der Waals surface area contributed by atoms with E-state index in [2.05, 4.69) is 16.0 Å². The summed E-state index contributed by atoms with van der Waals surface area (Å²) in [7, 11) is 0. The van der Waals surface area contributed by atoms with Gasteiger partial charge in [-0.3, -0.25) is 0 Å². The standard InChI is InChI=1S/C23H39N3/c1-2-8-23(7-1,20-6-9-22(13-20)10-11-24-16-22)17-25-15-21-19-5-3-4-18(12-19)14-26-21/h18,20,24-26H,1-17H2. The van der Waals surface area contributed by atoms with E-state index < -0.39 is 0 Å². The van der Waals surface area contributed by atoms with Crippen LogP contribution in [0.1, 0.15) is 77.0 Å². The molecule has 3 aliphatic carbocycles. The quantitative estimate of drug-likeness (QED) is 0.697. The number of rotatable bonds is 5. The maximum absolute atomic E-state index is 3.96. The van der Waals surface area contributed by atoms with Gasteiger partial charge in [-0.2, -0.15) is 0 Å². The number of fused-ring (bicyclic) bond motifs is 2. The minimum atomic E-state index is 0.612. The van der Waals surface area contributed by atoms with Crippen LogP contribution in [-0.4, -0.2) is 32.7 Å². The Hall–Kier alpha value is -0.540. The summed E-state index contributed by atoms with van der Waals surface area (Å²) in [6, 6.07) is 0. The molecule has 1 spiro atoms. The van der Waals surface area contributed by atoms with Gasteiger partial charge in [0.15, 0.2) is 0 Å². The highest BCUT2D eigenvalue weighted by Crippen LogP contribution is 2.56. The van der Waals surface area contributed by atoms with E-state index in [-0.39, 0.29) is 0 Å². The summed E-state index contributed by atoms with van der Waals surface area (Å²) >= 11 is 0. The molecule has 0 aromatic rings. The summed E-state index contributed by atoms with van der Waals surface area (Å²) in [5, 5.41) is 11.4. The van der Waals surface area contributed by atoms with Gasteiger partial charge < -0.3 is 16.0 Å². The molecule has 1 saturated heterocycles. The van der Waals surface area contributed by atoms with Crippen LogP contribution in [0, 0.1) is 22.7 Å². The second kappa shape index (κ2) is 7.13. The van der Waals surface area contributed by atoms with Crippen LogP contribution in [0.4, 0.5) is 0 Å². The van der Waals surface area contributed by atoms with Crippen molar-refractivity contribution in [2.45, 2.75) is 77.0 Å². The monoisotopic (exact) mass is 357 g/mol. The molecule has 3 saturated carbocycles. The van der Waals surface area contributed by atoms with Gasteiger partial charge in [-0.1, -0.05) is 12.8 Å². The highest BCUT2D eigenvalue weighted by Gasteiger charge is 2.49. The Morgan fingerprint density at radius 1 is 1.04 bits per heavy atom. The number of allylic oxidation sites excluding steroid dienone is 1. The largest absolute Gasteiger partial charge is 0.387 e. The van der Waals surface area contributed by atoms with Crippen LogP contribution in [-0.2, 0) is 0 Å². The lowest BCUT2D eigenvalue weighted by atomic mass is 9.71. The van der Waals surface area contributed by atoms with Crippen molar-refractivity contribution in [3.8, 4) is 0 Å². The van der Waals surface area contributed by atoms with Crippen LogP contribution in [0.15, 0.2) is 11.3 Å². The van der Waals surface area contributed by atoms with Gasteiger partial charge in [0.25, 0.3) is 0 Å². The molecule has 26 heavy (non-hydrogen) atoms. The second-order valence-electron chi connectivity index (χ2n) is 10.5. The van der Waals surface area contributed by atoms with Crippen LogP contribution < -0.4 is 16.0 Å². The zero-order valence-electron chi connectivity index (χ0n) is 16.7. The molecule has 2 bridgehead atoms. The Labute approximate surface area is 160 Å². The van der Waals surface area contributed by atoms with E-state index in [1.165, 1.54) is 103 Å². The van der Waals surface area contributed by atoms with E-state index in [1.807, 2.05) is 0 Å². The average molecular weight is 358 g/mol. The Kier molecular flexibility index (Phi) is 4.81. The van der Waals surface area contributed by atoms with Gasteiger partial charge in [-0.05, 0) is 99.0 Å². The highest BCUT2D eigenvalue weighted by molar-refractivity contribution is 5.20. The molecule has 2 heterocycles. The molecule has 3 unspecified atom stereocenters. The zero-order chi connectivity index (χ0) is 17.5. The van der Waals surface area contributed by atoms with Crippen molar-refractivity contribution in [1.29, 1.82) is 0 Å². The molecule has 3 atom stereocenters. The Bertz CT molecular complexity index is 540. The number of hydrogen-bond acceptors (Lipinski definition) is 3. The first-order chi connectivity index (χ1) is 12.8. The third kappa shape index (κ3) is 3.24. The van der Waals surface area contributed by atoms with E-state index in [1.54, 1.807) is 11.3 Å². The molecule has 0 radical (unpaired) electrons. The molecule has 3 N–H and O–H groups in total. The summed E-state index contributed by atoms with van der Waals surface area (Å²) in [6.07, 6.45) is 17.4. The fourth-order valence-electron chi connectivity index (χ4n) is 7.34. The zero-order valence-corrected chi connectivity index (χ0v) is 16.7. The number of nitrogens with one attached hydrogen (secondary N) is 3. The van der Waals surface area contributed by atoms with Gasteiger partial charge in [0.2, 0.25) is 0 Å². The fraction of sp³-hybridized carbons (Fsp3) is 0.913. The summed E-state index contributed by atoms with van der Waals surface area (Å²) in [6.45, 7) is 6.16. The number of hydrogen-bond donors (Lipinski definition) is 3.